The predicted octanol–water partition coefficient (Wildman–Crippen LogP) is 6.65. The number of hydrogen-bond donors (Lipinski definition) is 0. The van der Waals surface area contributed by atoms with Crippen molar-refractivity contribution in [2.45, 2.75) is 6.61 Å². The van der Waals surface area contributed by atoms with Crippen molar-refractivity contribution in [2.24, 2.45) is 0 Å². The molecule has 3 aromatic carbocycles. The molecule has 0 fully saturated rings. The highest BCUT2D eigenvalue weighted by atomic mass is 35.5. The molecular weight excluding hydrogens is 393 g/mol. The first-order chi connectivity index (χ1) is 13.6. The van der Waals surface area contributed by atoms with Gasteiger partial charge in [0.15, 0.2) is 11.5 Å². The summed E-state index contributed by atoms with van der Waals surface area (Å²) in [6, 6.07) is 22.6. The first kappa shape index (κ1) is 19.8. The number of nitrogens with zero attached hydrogens (tertiary/aromatic N) is 1. The standard InChI is InChI=1S/C23H17Cl2NO2/c1-27-22-13-17(11-19(14-26)18-7-9-20(24)10-8-18)12-21(25)23(22)28-15-16-5-3-2-4-6-16/h2-13H,15H2,1H3/b19-11+. The van der Waals surface area contributed by atoms with Crippen LogP contribution in [-0.2, 0) is 6.61 Å². The molecule has 0 bridgehead atoms. The molecule has 0 atom stereocenters. The van der Waals surface area contributed by atoms with Gasteiger partial charge in [-0.05, 0) is 47.0 Å². The lowest BCUT2D eigenvalue weighted by Gasteiger charge is -2.13. The first-order valence-corrected chi connectivity index (χ1v) is 9.28. The number of benzene rings is 3. The fraction of sp³-hybridized carbons (Fsp3) is 0.0870. The van der Waals surface area contributed by atoms with E-state index in [9.17, 15) is 5.26 Å². The molecule has 3 rings (SSSR count). The van der Waals surface area contributed by atoms with E-state index in [1.807, 2.05) is 30.3 Å². The number of halogens is 2. The third kappa shape index (κ3) is 4.86. The second-order valence-corrected chi connectivity index (χ2v) is 6.83. The van der Waals surface area contributed by atoms with E-state index >= 15 is 0 Å². The van der Waals surface area contributed by atoms with E-state index in [0.29, 0.717) is 33.7 Å². The van der Waals surface area contributed by atoms with Crippen LogP contribution >= 0.6 is 23.2 Å². The Morgan fingerprint density at radius 3 is 2.39 bits per heavy atom. The summed E-state index contributed by atoms with van der Waals surface area (Å²) in [4.78, 5) is 0. The van der Waals surface area contributed by atoms with E-state index in [2.05, 4.69) is 6.07 Å². The smallest absolute Gasteiger partial charge is 0.180 e. The topological polar surface area (TPSA) is 42.2 Å². The molecule has 5 heteroatoms. The normalized spacial score (nSPS) is 11.0. The van der Waals surface area contributed by atoms with Crippen LogP contribution < -0.4 is 9.47 Å². The Balaban J connectivity index is 1.89. The average Bonchev–Trinajstić information content (AvgIpc) is 2.72. The number of rotatable bonds is 6. The maximum atomic E-state index is 9.53. The highest BCUT2D eigenvalue weighted by molar-refractivity contribution is 6.32. The van der Waals surface area contributed by atoms with Crippen molar-refractivity contribution in [2.75, 3.05) is 7.11 Å². The molecule has 0 aliphatic heterocycles. The third-order valence-electron chi connectivity index (χ3n) is 4.06. The van der Waals surface area contributed by atoms with E-state index < -0.39 is 0 Å². The van der Waals surface area contributed by atoms with Crippen LogP contribution in [0.3, 0.4) is 0 Å². The minimum atomic E-state index is 0.375. The van der Waals surface area contributed by atoms with Gasteiger partial charge in [0.2, 0.25) is 0 Å². The van der Waals surface area contributed by atoms with Gasteiger partial charge in [0.05, 0.1) is 23.8 Å². The Morgan fingerprint density at radius 2 is 1.75 bits per heavy atom. The van der Waals surface area contributed by atoms with Crippen molar-refractivity contribution < 1.29 is 9.47 Å². The van der Waals surface area contributed by atoms with Crippen molar-refractivity contribution in [1.82, 2.24) is 0 Å². The highest BCUT2D eigenvalue weighted by Gasteiger charge is 2.12. The van der Waals surface area contributed by atoms with Gasteiger partial charge in [-0.2, -0.15) is 5.26 Å². The van der Waals surface area contributed by atoms with Gasteiger partial charge in [0.1, 0.15) is 6.61 Å². The van der Waals surface area contributed by atoms with E-state index in [1.165, 1.54) is 0 Å². The zero-order chi connectivity index (χ0) is 19.9. The van der Waals surface area contributed by atoms with Crippen molar-refractivity contribution in [3.05, 3.63) is 93.5 Å². The molecule has 0 aromatic heterocycles. The second kappa shape index (κ2) is 9.32. The monoisotopic (exact) mass is 409 g/mol. The minimum Gasteiger partial charge on any atom is -0.493 e. The van der Waals surface area contributed by atoms with Gasteiger partial charge in [0, 0.05) is 5.02 Å². The van der Waals surface area contributed by atoms with Gasteiger partial charge < -0.3 is 9.47 Å². The third-order valence-corrected chi connectivity index (χ3v) is 4.60. The van der Waals surface area contributed by atoms with E-state index in [1.54, 1.807) is 49.6 Å². The lowest BCUT2D eigenvalue weighted by molar-refractivity contribution is 0.284. The van der Waals surface area contributed by atoms with Gasteiger partial charge in [-0.3, -0.25) is 0 Å². The van der Waals surface area contributed by atoms with Crippen molar-refractivity contribution >= 4 is 34.9 Å². The van der Waals surface area contributed by atoms with Gasteiger partial charge in [0.25, 0.3) is 0 Å². The lowest BCUT2D eigenvalue weighted by atomic mass is 10.0. The Hall–Kier alpha value is -2.93. The van der Waals surface area contributed by atoms with Crippen molar-refractivity contribution in [3.63, 3.8) is 0 Å². The van der Waals surface area contributed by atoms with Crippen LogP contribution in [-0.4, -0.2) is 7.11 Å². The van der Waals surface area contributed by atoms with Crippen LogP contribution in [0.25, 0.3) is 11.6 Å². The highest BCUT2D eigenvalue weighted by Crippen LogP contribution is 2.38. The predicted molar refractivity (Wildman–Crippen MR) is 114 cm³/mol. The fourth-order valence-electron chi connectivity index (χ4n) is 2.67. The summed E-state index contributed by atoms with van der Waals surface area (Å²) in [5.74, 6) is 0.971. The molecule has 0 unspecified atom stereocenters. The molecule has 0 saturated heterocycles. The Labute approximate surface area is 174 Å². The van der Waals surface area contributed by atoms with Crippen LogP contribution in [0.1, 0.15) is 16.7 Å². The molecule has 3 aromatic rings. The molecule has 0 N–H and O–H groups in total. The maximum Gasteiger partial charge on any atom is 0.180 e. The molecule has 0 heterocycles. The largest absolute Gasteiger partial charge is 0.493 e. The summed E-state index contributed by atoms with van der Waals surface area (Å²) in [5, 5.41) is 10.6. The van der Waals surface area contributed by atoms with Gasteiger partial charge in [-0.15, -0.1) is 0 Å². The summed E-state index contributed by atoms with van der Waals surface area (Å²) < 4.78 is 11.3. The fourth-order valence-corrected chi connectivity index (χ4v) is 3.07. The van der Waals surface area contributed by atoms with E-state index in [0.717, 1.165) is 16.7 Å². The maximum absolute atomic E-state index is 9.53. The summed E-state index contributed by atoms with van der Waals surface area (Å²) >= 11 is 12.4. The quantitative estimate of drug-likeness (QED) is 0.338. The summed E-state index contributed by atoms with van der Waals surface area (Å²) in [5.41, 5.74) is 3.03. The molecule has 0 amide bonds. The number of nitriles is 1. The van der Waals surface area contributed by atoms with Gasteiger partial charge in [-0.25, -0.2) is 0 Å². The summed E-state index contributed by atoms with van der Waals surface area (Å²) in [7, 11) is 1.55. The van der Waals surface area contributed by atoms with Crippen LogP contribution in [0, 0.1) is 11.3 Å². The molecular formula is C23H17Cl2NO2. The summed E-state index contributed by atoms with van der Waals surface area (Å²) in [6.07, 6.45) is 1.75. The number of methoxy groups -OCH3 is 1. The van der Waals surface area contributed by atoms with Crippen LogP contribution in [0.15, 0.2) is 66.7 Å². The Morgan fingerprint density at radius 1 is 1.04 bits per heavy atom. The molecule has 28 heavy (non-hydrogen) atoms. The number of hydrogen-bond acceptors (Lipinski definition) is 3. The summed E-state index contributed by atoms with van der Waals surface area (Å²) in [6.45, 7) is 0.375. The Kier molecular flexibility index (Phi) is 6.60. The van der Waals surface area contributed by atoms with Crippen LogP contribution in [0.5, 0.6) is 11.5 Å². The van der Waals surface area contributed by atoms with Crippen molar-refractivity contribution in [1.29, 1.82) is 5.26 Å². The second-order valence-electron chi connectivity index (χ2n) is 5.99. The molecule has 0 radical (unpaired) electrons. The van der Waals surface area contributed by atoms with Crippen LogP contribution in [0.4, 0.5) is 0 Å². The van der Waals surface area contributed by atoms with E-state index in [4.69, 9.17) is 32.7 Å². The number of allylic oxidation sites excluding steroid dienone is 1. The molecule has 0 saturated carbocycles. The molecule has 0 aliphatic carbocycles. The number of ether oxygens (including phenoxy) is 2. The molecule has 140 valence electrons. The van der Waals surface area contributed by atoms with Gasteiger partial charge in [-0.1, -0.05) is 65.7 Å². The van der Waals surface area contributed by atoms with E-state index in [-0.39, 0.29) is 0 Å². The zero-order valence-corrected chi connectivity index (χ0v) is 16.7. The molecule has 3 nitrogen and oxygen atoms in total. The first-order valence-electron chi connectivity index (χ1n) is 8.52. The Bertz CT molecular complexity index is 1020. The lowest BCUT2D eigenvalue weighted by Crippen LogP contribution is -1.99. The molecule has 0 aliphatic rings. The molecule has 0 spiro atoms. The van der Waals surface area contributed by atoms with Gasteiger partial charge >= 0.3 is 0 Å². The minimum absolute atomic E-state index is 0.375. The SMILES string of the molecule is COc1cc(/C=C(\C#N)c2ccc(Cl)cc2)cc(Cl)c1OCc1ccccc1. The van der Waals surface area contributed by atoms with Crippen LogP contribution in [0.2, 0.25) is 10.0 Å². The zero-order valence-electron chi connectivity index (χ0n) is 15.2. The van der Waals surface area contributed by atoms with Crippen molar-refractivity contribution in [3.8, 4) is 17.6 Å². The average molecular weight is 410 g/mol.